The third kappa shape index (κ3) is 3.94. The molecule has 2 N–H and O–H groups in total. The van der Waals surface area contributed by atoms with Crippen LogP contribution in [0, 0.1) is 5.82 Å². The predicted octanol–water partition coefficient (Wildman–Crippen LogP) is 2.60. The Morgan fingerprint density at radius 1 is 1.04 bits per heavy atom. The Balaban J connectivity index is 1.61. The number of pyridine rings is 1. The molecule has 2 amide bonds. The monoisotopic (exact) mass is 353 g/mol. The molecule has 0 radical (unpaired) electrons. The fraction of sp³-hybridized carbons (Fsp3) is 0.105. The summed E-state index contributed by atoms with van der Waals surface area (Å²) in [5.41, 5.74) is 4.83. The summed E-state index contributed by atoms with van der Waals surface area (Å²) in [6.07, 6.45) is 0.639. The number of aromatic nitrogens is 1. The molecule has 0 aliphatic heterocycles. The molecule has 0 aliphatic carbocycles. The molecule has 1 aromatic heterocycles. The number of hydrazine groups is 1. The van der Waals surface area contributed by atoms with Gasteiger partial charge in [0.05, 0.1) is 0 Å². The van der Waals surface area contributed by atoms with E-state index in [-0.39, 0.29) is 5.69 Å². The zero-order valence-corrected chi connectivity index (χ0v) is 13.9. The summed E-state index contributed by atoms with van der Waals surface area (Å²) < 4.78 is 18.3. The van der Waals surface area contributed by atoms with Gasteiger partial charge in [0.25, 0.3) is 11.8 Å². The van der Waals surface area contributed by atoms with Gasteiger partial charge >= 0.3 is 0 Å². The fourth-order valence-electron chi connectivity index (χ4n) is 2.35. The van der Waals surface area contributed by atoms with Crippen LogP contribution in [0.1, 0.15) is 17.4 Å². The van der Waals surface area contributed by atoms with Gasteiger partial charge in [0, 0.05) is 11.6 Å². The highest BCUT2D eigenvalue weighted by Gasteiger charge is 2.17. The normalized spacial score (nSPS) is 11.6. The molecule has 0 saturated carbocycles. The van der Waals surface area contributed by atoms with E-state index >= 15 is 0 Å². The van der Waals surface area contributed by atoms with Gasteiger partial charge < -0.3 is 4.74 Å². The van der Waals surface area contributed by atoms with E-state index in [4.69, 9.17) is 4.74 Å². The van der Waals surface area contributed by atoms with Crippen molar-refractivity contribution in [1.82, 2.24) is 15.8 Å². The molecular formula is C19H16FN3O3. The second-order valence-corrected chi connectivity index (χ2v) is 5.54. The molecular weight excluding hydrogens is 337 g/mol. The highest BCUT2D eigenvalue weighted by molar-refractivity contribution is 6.05. The summed E-state index contributed by atoms with van der Waals surface area (Å²) in [5, 5.41) is 1.55. The number of ether oxygens (including phenoxy) is 1. The lowest BCUT2D eigenvalue weighted by Gasteiger charge is -2.15. The second kappa shape index (κ2) is 7.60. The lowest BCUT2D eigenvalue weighted by atomic mass is 10.1. The molecule has 0 spiro atoms. The van der Waals surface area contributed by atoms with Crippen molar-refractivity contribution < 1.29 is 18.7 Å². The van der Waals surface area contributed by atoms with E-state index in [0.717, 1.165) is 5.39 Å². The van der Waals surface area contributed by atoms with Crippen LogP contribution in [0.3, 0.4) is 0 Å². The van der Waals surface area contributed by atoms with E-state index in [0.29, 0.717) is 11.1 Å². The van der Waals surface area contributed by atoms with Crippen LogP contribution in [0.15, 0.2) is 60.8 Å². The minimum atomic E-state index is -0.888. The topological polar surface area (TPSA) is 80.3 Å². The molecule has 1 unspecified atom stereocenters. The van der Waals surface area contributed by atoms with Crippen molar-refractivity contribution in [2.75, 3.05) is 0 Å². The minimum Gasteiger partial charge on any atom is -0.481 e. The summed E-state index contributed by atoms with van der Waals surface area (Å²) in [6.45, 7) is 1.51. The number of hydrogen-bond acceptors (Lipinski definition) is 4. The van der Waals surface area contributed by atoms with Crippen molar-refractivity contribution in [3.8, 4) is 5.75 Å². The Morgan fingerprint density at radius 3 is 2.54 bits per heavy atom. The molecule has 2 aromatic carbocycles. The number of carbonyl (C=O) groups is 2. The molecule has 1 atom stereocenters. The Bertz CT molecular complexity index is 939. The van der Waals surface area contributed by atoms with Crippen molar-refractivity contribution >= 4 is 22.6 Å². The first-order valence-corrected chi connectivity index (χ1v) is 7.91. The molecule has 132 valence electrons. The largest absolute Gasteiger partial charge is 0.481 e. The first-order valence-electron chi connectivity index (χ1n) is 7.91. The molecule has 6 nitrogen and oxygen atoms in total. The number of halogens is 1. The van der Waals surface area contributed by atoms with Gasteiger partial charge in [-0.15, -0.1) is 0 Å². The van der Waals surface area contributed by atoms with Crippen LogP contribution in [0.4, 0.5) is 4.39 Å². The summed E-state index contributed by atoms with van der Waals surface area (Å²) in [7, 11) is 0. The standard InChI is InChI=1S/C19H16FN3O3/c1-12(26-15-8-6-14(20)7-9-15)18(24)22-23-19(25)17-16-5-3-2-4-13(16)10-11-21-17/h2-12H,1H3,(H,22,24)(H,23,25). The van der Waals surface area contributed by atoms with Crippen LogP contribution in [0.25, 0.3) is 10.8 Å². The molecule has 7 heteroatoms. The highest BCUT2D eigenvalue weighted by atomic mass is 19.1. The third-order valence-corrected chi connectivity index (χ3v) is 3.68. The number of rotatable bonds is 4. The number of carbonyl (C=O) groups excluding carboxylic acids is 2. The zero-order valence-electron chi connectivity index (χ0n) is 13.9. The lowest BCUT2D eigenvalue weighted by Crippen LogP contribution is -2.47. The third-order valence-electron chi connectivity index (χ3n) is 3.68. The quantitative estimate of drug-likeness (QED) is 0.707. The first-order chi connectivity index (χ1) is 12.5. The Labute approximate surface area is 149 Å². The van der Waals surface area contributed by atoms with Crippen molar-refractivity contribution in [2.24, 2.45) is 0 Å². The van der Waals surface area contributed by atoms with Crippen molar-refractivity contribution in [1.29, 1.82) is 0 Å². The van der Waals surface area contributed by atoms with Gasteiger partial charge in [-0.1, -0.05) is 24.3 Å². The molecule has 1 heterocycles. The molecule has 0 aliphatic rings. The van der Waals surface area contributed by atoms with Gasteiger partial charge in [-0.25, -0.2) is 4.39 Å². The van der Waals surface area contributed by atoms with E-state index in [1.54, 1.807) is 18.2 Å². The van der Waals surface area contributed by atoms with Gasteiger partial charge in [0.15, 0.2) is 6.10 Å². The zero-order chi connectivity index (χ0) is 18.5. The maximum Gasteiger partial charge on any atom is 0.288 e. The first kappa shape index (κ1) is 17.3. The van der Waals surface area contributed by atoms with E-state index in [1.807, 2.05) is 12.1 Å². The van der Waals surface area contributed by atoms with Crippen LogP contribution >= 0.6 is 0 Å². The van der Waals surface area contributed by atoms with Gasteiger partial charge in [-0.3, -0.25) is 25.4 Å². The maximum absolute atomic E-state index is 12.9. The molecule has 0 fully saturated rings. The van der Waals surface area contributed by atoms with Crippen LogP contribution in [-0.4, -0.2) is 22.9 Å². The summed E-state index contributed by atoms with van der Waals surface area (Å²) >= 11 is 0. The summed E-state index contributed by atoms with van der Waals surface area (Å²) in [6, 6.07) is 14.4. The van der Waals surface area contributed by atoms with E-state index in [2.05, 4.69) is 15.8 Å². The second-order valence-electron chi connectivity index (χ2n) is 5.54. The SMILES string of the molecule is CC(Oc1ccc(F)cc1)C(=O)NNC(=O)c1nccc2ccccc12. The van der Waals surface area contributed by atoms with Gasteiger partial charge in [-0.2, -0.15) is 0 Å². The smallest absolute Gasteiger partial charge is 0.288 e. The summed E-state index contributed by atoms with van der Waals surface area (Å²) in [4.78, 5) is 28.5. The Hall–Kier alpha value is -3.48. The van der Waals surface area contributed by atoms with Gasteiger partial charge in [0.2, 0.25) is 0 Å². The molecule has 3 rings (SSSR count). The van der Waals surface area contributed by atoms with Crippen LogP contribution in [0.2, 0.25) is 0 Å². The van der Waals surface area contributed by atoms with Crippen molar-refractivity contribution in [2.45, 2.75) is 13.0 Å². The molecule has 3 aromatic rings. The van der Waals surface area contributed by atoms with Crippen molar-refractivity contribution in [3.63, 3.8) is 0 Å². The lowest BCUT2D eigenvalue weighted by molar-refractivity contribution is -0.128. The van der Waals surface area contributed by atoms with Crippen LogP contribution in [0.5, 0.6) is 5.75 Å². The Kier molecular flexibility index (Phi) is 5.07. The number of amides is 2. The number of benzene rings is 2. The number of nitrogens with one attached hydrogen (secondary N) is 2. The van der Waals surface area contributed by atoms with Crippen LogP contribution < -0.4 is 15.6 Å². The van der Waals surface area contributed by atoms with E-state index < -0.39 is 23.7 Å². The van der Waals surface area contributed by atoms with E-state index in [1.165, 1.54) is 37.4 Å². The predicted molar refractivity (Wildman–Crippen MR) is 93.8 cm³/mol. The molecule has 0 bridgehead atoms. The maximum atomic E-state index is 12.9. The molecule has 26 heavy (non-hydrogen) atoms. The number of fused-ring (bicyclic) bond motifs is 1. The van der Waals surface area contributed by atoms with Crippen molar-refractivity contribution in [3.05, 3.63) is 72.3 Å². The van der Waals surface area contributed by atoms with Crippen LogP contribution in [-0.2, 0) is 4.79 Å². The fourth-order valence-corrected chi connectivity index (χ4v) is 2.35. The number of hydrogen-bond donors (Lipinski definition) is 2. The average molecular weight is 353 g/mol. The van der Waals surface area contributed by atoms with Gasteiger partial charge in [-0.05, 0) is 42.6 Å². The summed E-state index contributed by atoms with van der Waals surface area (Å²) in [5.74, 6) is -1.15. The van der Waals surface area contributed by atoms with E-state index in [9.17, 15) is 14.0 Å². The van der Waals surface area contributed by atoms with Gasteiger partial charge in [0.1, 0.15) is 17.3 Å². The Morgan fingerprint density at radius 2 is 1.77 bits per heavy atom. The minimum absolute atomic E-state index is 0.204. The molecule has 0 saturated heterocycles. The number of nitrogens with zero attached hydrogens (tertiary/aromatic N) is 1. The highest BCUT2D eigenvalue weighted by Crippen LogP contribution is 2.16. The average Bonchev–Trinajstić information content (AvgIpc) is 2.67.